The van der Waals surface area contributed by atoms with E-state index >= 15 is 0 Å². The van der Waals surface area contributed by atoms with Gasteiger partial charge < -0.3 is 20.7 Å². The van der Waals surface area contributed by atoms with Gasteiger partial charge in [0.05, 0.1) is 18.5 Å². The number of halogens is 1. The SMILES string of the molecule is CCOc1ccc(Nc2nc(NC3=CC=CC(=CC(=O)NC)C3=O)ncc2F)cc1S(=O)(=O)O. The van der Waals surface area contributed by atoms with Crippen molar-refractivity contribution in [2.75, 3.05) is 24.3 Å². The molecule has 13 heteroatoms. The van der Waals surface area contributed by atoms with E-state index in [0.29, 0.717) is 0 Å². The molecule has 1 heterocycles. The van der Waals surface area contributed by atoms with Gasteiger partial charge in [-0.05, 0) is 31.2 Å². The Balaban J connectivity index is 1.86. The van der Waals surface area contributed by atoms with Crippen molar-refractivity contribution in [3.05, 3.63) is 65.8 Å². The first-order valence-corrected chi connectivity index (χ1v) is 11.2. The Morgan fingerprint density at radius 2 is 2.06 bits per heavy atom. The molecule has 0 fully saturated rings. The van der Waals surface area contributed by atoms with Crippen molar-refractivity contribution in [2.45, 2.75) is 11.8 Å². The highest BCUT2D eigenvalue weighted by Gasteiger charge is 2.20. The van der Waals surface area contributed by atoms with E-state index in [9.17, 15) is 27.0 Å². The van der Waals surface area contributed by atoms with E-state index in [2.05, 4.69) is 25.9 Å². The van der Waals surface area contributed by atoms with Crippen molar-refractivity contribution in [1.29, 1.82) is 0 Å². The third kappa shape index (κ3) is 5.82. The number of anilines is 3. The predicted octanol–water partition coefficient (Wildman–Crippen LogP) is 2.11. The van der Waals surface area contributed by atoms with Crippen LogP contribution in [0.15, 0.2) is 64.9 Å². The second-order valence-corrected chi connectivity index (χ2v) is 8.08. The van der Waals surface area contributed by atoms with Crippen LogP contribution >= 0.6 is 0 Å². The summed E-state index contributed by atoms with van der Waals surface area (Å²) in [6.45, 7) is 1.80. The lowest BCUT2D eigenvalue weighted by Crippen LogP contribution is -2.20. The molecule has 4 N–H and O–H groups in total. The summed E-state index contributed by atoms with van der Waals surface area (Å²) in [5.74, 6) is -2.37. The lowest BCUT2D eigenvalue weighted by Gasteiger charge is -2.14. The number of likely N-dealkylation sites (N-methyl/N-ethyl adjacent to an activating group) is 1. The van der Waals surface area contributed by atoms with E-state index < -0.39 is 32.5 Å². The molecule has 0 saturated heterocycles. The summed E-state index contributed by atoms with van der Waals surface area (Å²) in [5.41, 5.74) is 0.258. The van der Waals surface area contributed by atoms with Gasteiger partial charge in [0.25, 0.3) is 10.1 Å². The summed E-state index contributed by atoms with van der Waals surface area (Å²) in [5, 5.41) is 7.66. The van der Waals surface area contributed by atoms with Crippen molar-refractivity contribution in [2.24, 2.45) is 0 Å². The van der Waals surface area contributed by atoms with E-state index in [4.69, 9.17) is 4.74 Å². The van der Waals surface area contributed by atoms with Crippen LogP contribution in [0.1, 0.15) is 6.92 Å². The summed E-state index contributed by atoms with van der Waals surface area (Å²) in [6, 6.07) is 3.76. The number of allylic oxidation sites excluding steroid dienone is 4. The molecule has 178 valence electrons. The fourth-order valence-corrected chi connectivity index (χ4v) is 3.47. The number of carbonyl (C=O) groups is 2. The number of hydrogen-bond acceptors (Lipinski definition) is 9. The van der Waals surface area contributed by atoms with Crippen LogP contribution in [0, 0.1) is 5.82 Å². The van der Waals surface area contributed by atoms with E-state index in [1.54, 1.807) is 6.92 Å². The summed E-state index contributed by atoms with van der Waals surface area (Å²) in [6.07, 6.45) is 6.41. The number of benzene rings is 1. The number of ether oxygens (including phenoxy) is 1. The largest absolute Gasteiger partial charge is 0.492 e. The third-order valence-electron chi connectivity index (χ3n) is 4.35. The number of nitrogens with zero attached hydrogens (tertiary/aromatic N) is 2. The van der Waals surface area contributed by atoms with Gasteiger partial charge in [-0.2, -0.15) is 13.4 Å². The van der Waals surface area contributed by atoms with E-state index in [1.165, 1.54) is 37.4 Å². The Labute approximate surface area is 194 Å². The molecule has 3 rings (SSSR count). The highest BCUT2D eigenvalue weighted by Crippen LogP contribution is 2.29. The third-order valence-corrected chi connectivity index (χ3v) is 5.23. The number of nitrogens with one attached hydrogen (secondary N) is 3. The second kappa shape index (κ2) is 10.2. The molecule has 1 aromatic heterocycles. The molecule has 1 amide bonds. The molecule has 0 radical (unpaired) electrons. The molecule has 11 nitrogen and oxygen atoms in total. The number of rotatable bonds is 8. The molecule has 0 spiro atoms. The minimum absolute atomic E-state index is 0.0462. The highest BCUT2D eigenvalue weighted by atomic mass is 32.2. The summed E-state index contributed by atoms with van der Waals surface area (Å²) in [4.78, 5) is 31.4. The predicted molar refractivity (Wildman–Crippen MR) is 121 cm³/mol. The van der Waals surface area contributed by atoms with Gasteiger partial charge >= 0.3 is 0 Å². The molecule has 0 bridgehead atoms. The molecule has 2 aromatic rings. The van der Waals surface area contributed by atoms with Crippen LogP contribution in [-0.2, 0) is 19.7 Å². The zero-order valence-corrected chi connectivity index (χ0v) is 18.8. The average molecular weight is 489 g/mol. The number of Topliss-reactive ketones (excluding diaryl/α,β-unsaturated/α-hetero) is 1. The fraction of sp³-hybridized carbons (Fsp3) is 0.143. The molecule has 0 aliphatic heterocycles. The minimum atomic E-state index is -4.62. The van der Waals surface area contributed by atoms with Gasteiger partial charge in [0, 0.05) is 24.4 Å². The normalized spacial score (nSPS) is 14.5. The lowest BCUT2D eigenvalue weighted by molar-refractivity contribution is -0.117. The Morgan fingerprint density at radius 1 is 1.29 bits per heavy atom. The molecule has 0 atom stereocenters. The molecule has 1 aliphatic rings. The van der Waals surface area contributed by atoms with Gasteiger partial charge in [0.15, 0.2) is 11.6 Å². The number of amides is 1. The standard InChI is InChI=1S/C21H20FN5O6S/c1-3-33-16-8-7-13(10-17(16)34(30,31)32)25-20-14(22)11-24-21(27-20)26-15-6-4-5-12(19(15)29)9-18(28)23-2/h4-11H,3H2,1-2H3,(H,23,28)(H,30,31,32)(H2,24,25,26,27). The number of hydrogen-bond donors (Lipinski definition) is 4. The zero-order chi connectivity index (χ0) is 24.9. The molecule has 34 heavy (non-hydrogen) atoms. The zero-order valence-electron chi connectivity index (χ0n) is 18.0. The van der Waals surface area contributed by atoms with Crippen LogP contribution in [0.2, 0.25) is 0 Å². The van der Waals surface area contributed by atoms with Gasteiger partial charge in [0.1, 0.15) is 10.6 Å². The fourth-order valence-electron chi connectivity index (χ4n) is 2.81. The van der Waals surface area contributed by atoms with Crippen LogP contribution in [0.5, 0.6) is 5.75 Å². The van der Waals surface area contributed by atoms with Crippen LogP contribution in [0.3, 0.4) is 0 Å². The van der Waals surface area contributed by atoms with E-state index in [0.717, 1.165) is 18.3 Å². The van der Waals surface area contributed by atoms with Gasteiger partial charge in [0.2, 0.25) is 17.6 Å². The van der Waals surface area contributed by atoms with E-state index in [-0.39, 0.29) is 41.1 Å². The Hall–Kier alpha value is -4.10. The van der Waals surface area contributed by atoms with Crippen LogP contribution in [-0.4, -0.2) is 48.3 Å². The van der Waals surface area contributed by atoms with E-state index in [1.807, 2.05) is 0 Å². The molecular formula is C21H20FN5O6S. The molecule has 1 aromatic carbocycles. The molecule has 0 unspecified atom stereocenters. The van der Waals surface area contributed by atoms with Gasteiger partial charge in [-0.15, -0.1) is 0 Å². The average Bonchev–Trinajstić information content (AvgIpc) is 2.79. The van der Waals surface area contributed by atoms with Crippen molar-refractivity contribution >= 4 is 39.3 Å². The first-order chi connectivity index (χ1) is 16.1. The van der Waals surface area contributed by atoms with Crippen molar-refractivity contribution in [3.8, 4) is 5.75 Å². The van der Waals surface area contributed by atoms with Crippen LogP contribution in [0.25, 0.3) is 0 Å². The van der Waals surface area contributed by atoms with Gasteiger partial charge in [-0.25, -0.2) is 9.37 Å². The van der Waals surface area contributed by atoms with Crippen molar-refractivity contribution in [1.82, 2.24) is 15.3 Å². The topological polar surface area (TPSA) is 160 Å². The summed E-state index contributed by atoms with van der Waals surface area (Å²) in [7, 11) is -3.19. The number of carbonyl (C=O) groups excluding carboxylic acids is 2. The minimum Gasteiger partial charge on any atom is -0.492 e. The van der Waals surface area contributed by atoms with Crippen molar-refractivity contribution < 1.29 is 31.7 Å². The maximum atomic E-state index is 14.3. The van der Waals surface area contributed by atoms with Crippen LogP contribution in [0.4, 0.5) is 21.8 Å². The second-order valence-electron chi connectivity index (χ2n) is 6.69. The monoisotopic (exact) mass is 489 g/mol. The maximum Gasteiger partial charge on any atom is 0.298 e. The smallest absolute Gasteiger partial charge is 0.298 e. The van der Waals surface area contributed by atoms with Crippen LogP contribution < -0.4 is 20.7 Å². The van der Waals surface area contributed by atoms with Gasteiger partial charge in [-0.1, -0.05) is 12.2 Å². The van der Waals surface area contributed by atoms with Gasteiger partial charge in [-0.3, -0.25) is 14.1 Å². The molecule has 1 aliphatic carbocycles. The summed E-state index contributed by atoms with van der Waals surface area (Å²) < 4.78 is 52.4. The molecular weight excluding hydrogens is 469 g/mol. The van der Waals surface area contributed by atoms with Crippen molar-refractivity contribution in [3.63, 3.8) is 0 Å². The highest BCUT2D eigenvalue weighted by molar-refractivity contribution is 7.86. The Kier molecular flexibility index (Phi) is 7.38. The number of aromatic nitrogens is 2. The number of ketones is 1. The Bertz CT molecular complexity index is 1340. The summed E-state index contributed by atoms with van der Waals surface area (Å²) >= 11 is 0. The lowest BCUT2D eigenvalue weighted by atomic mass is 10.0. The first kappa shape index (κ1) is 24.5. The first-order valence-electron chi connectivity index (χ1n) is 9.79. The Morgan fingerprint density at radius 3 is 2.74 bits per heavy atom. The molecule has 0 saturated carbocycles. The maximum absolute atomic E-state index is 14.3. The quantitative estimate of drug-likeness (QED) is 0.319.